The minimum atomic E-state index is -0.0463. The van der Waals surface area contributed by atoms with Crippen molar-refractivity contribution >= 4 is 17.5 Å². The number of amides is 1. The lowest BCUT2D eigenvalue weighted by Gasteiger charge is -2.18. The molecule has 0 radical (unpaired) electrons. The highest BCUT2D eigenvalue weighted by molar-refractivity contribution is 6.20. The third kappa shape index (κ3) is 3.51. The molecule has 0 aliphatic rings. The van der Waals surface area contributed by atoms with Crippen LogP contribution in [0, 0.1) is 6.92 Å². The van der Waals surface area contributed by atoms with E-state index in [1.165, 1.54) is 0 Å². The lowest BCUT2D eigenvalue weighted by molar-refractivity contribution is 0.0796. The highest BCUT2D eigenvalue weighted by atomic mass is 35.5. The van der Waals surface area contributed by atoms with E-state index in [0.717, 1.165) is 5.69 Å². The van der Waals surface area contributed by atoms with Gasteiger partial charge in [0, 0.05) is 30.9 Å². The number of carbonyl (C=O) groups excluding carboxylic acids is 1. The van der Waals surface area contributed by atoms with E-state index in [9.17, 15) is 4.79 Å². The fourth-order valence-electron chi connectivity index (χ4n) is 1.27. The van der Waals surface area contributed by atoms with Gasteiger partial charge in [0.1, 0.15) is 0 Å². The molecule has 15 heavy (non-hydrogen) atoms. The van der Waals surface area contributed by atoms with Crippen LogP contribution >= 0.6 is 11.6 Å². The Labute approximate surface area is 95.1 Å². The molecule has 0 aliphatic carbocycles. The van der Waals surface area contributed by atoms with Gasteiger partial charge in [-0.1, -0.05) is 0 Å². The molecular weight excluding hydrogens is 212 g/mol. The number of halogens is 1. The van der Waals surface area contributed by atoms with E-state index in [-0.39, 0.29) is 11.3 Å². The van der Waals surface area contributed by atoms with Crippen molar-refractivity contribution < 1.29 is 4.79 Å². The molecule has 0 saturated heterocycles. The summed E-state index contributed by atoms with van der Waals surface area (Å²) in [6.45, 7) is 4.28. The van der Waals surface area contributed by atoms with Gasteiger partial charge in [0.15, 0.2) is 0 Å². The first kappa shape index (κ1) is 12.0. The molecule has 0 saturated carbocycles. The zero-order valence-corrected chi connectivity index (χ0v) is 9.95. The Morgan fingerprint density at radius 3 is 2.73 bits per heavy atom. The fraction of sp³-hybridized carbons (Fsp3) is 0.455. The summed E-state index contributed by atoms with van der Waals surface area (Å²) in [6, 6.07) is 3.60. The molecule has 82 valence electrons. The van der Waals surface area contributed by atoms with Crippen LogP contribution in [-0.2, 0) is 0 Å². The zero-order valence-electron chi connectivity index (χ0n) is 9.20. The maximum atomic E-state index is 11.8. The van der Waals surface area contributed by atoms with Crippen molar-refractivity contribution in [3.63, 3.8) is 0 Å². The summed E-state index contributed by atoms with van der Waals surface area (Å²) in [4.78, 5) is 17.5. The molecule has 0 aliphatic heterocycles. The quantitative estimate of drug-likeness (QED) is 0.740. The van der Waals surface area contributed by atoms with Crippen LogP contribution in [0.4, 0.5) is 0 Å². The molecule has 1 atom stereocenters. The van der Waals surface area contributed by atoms with E-state index in [1.54, 1.807) is 24.2 Å². The molecule has 1 rings (SSSR count). The number of pyridine rings is 1. The molecule has 0 spiro atoms. The van der Waals surface area contributed by atoms with E-state index >= 15 is 0 Å². The first-order valence-electron chi connectivity index (χ1n) is 4.83. The molecule has 1 aromatic heterocycles. The minimum Gasteiger partial charge on any atom is -0.340 e. The van der Waals surface area contributed by atoms with Crippen molar-refractivity contribution in [1.82, 2.24) is 9.88 Å². The average Bonchev–Trinajstić information content (AvgIpc) is 2.17. The Hall–Kier alpha value is -1.09. The predicted octanol–water partition coefficient (Wildman–Crippen LogP) is 2.09. The van der Waals surface area contributed by atoms with Crippen LogP contribution in [0.5, 0.6) is 0 Å². The van der Waals surface area contributed by atoms with Crippen LogP contribution in [-0.4, -0.2) is 34.8 Å². The van der Waals surface area contributed by atoms with Gasteiger partial charge in [-0.2, -0.15) is 0 Å². The lowest BCUT2D eigenvalue weighted by Crippen LogP contribution is -2.31. The Bertz CT molecular complexity index is 335. The maximum absolute atomic E-state index is 11.8. The standard InChI is InChI=1S/C11H15ClN2O/c1-8(12)7-14(3)11(15)10-5-4-9(2)13-6-10/h4-6,8H,7H2,1-3H3. The normalized spacial score (nSPS) is 12.3. The van der Waals surface area contributed by atoms with Crippen LogP contribution in [0.3, 0.4) is 0 Å². The number of hydrogen-bond donors (Lipinski definition) is 0. The van der Waals surface area contributed by atoms with Gasteiger partial charge < -0.3 is 4.90 Å². The summed E-state index contributed by atoms with van der Waals surface area (Å²) in [5.74, 6) is -0.0463. The zero-order chi connectivity index (χ0) is 11.4. The van der Waals surface area contributed by atoms with Crippen LogP contribution in [0.15, 0.2) is 18.3 Å². The third-order valence-electron chi connectivity index (χ3n) is 2.03. The molecule has 1 unspecified atom stereocenters. The Morgan fingerprint density at radius 2 is 2.27 bits per heavy atom. The van der Waals surface area contributed by atoms with Crippen LogP contribution < -0.4 is 0 Å². The van der Waals surface area contributed by atoms with Gasteiger partial charge in [-0.05, 0) is 26.0 Å². The first-order valence-corrected chi connectivity index (χ1v) is 5.26. The highest BCUT2D eigenvalue weighted by Gasteiger charge is 2.13. The maximum Gasteiger partial charge on any atom is 0.255 e. The van der Waals surface area contributed by atoms with Crippen molar-refractivity contribution in [3.8, 4) is 0 Å². The highest BCUT2D eigenvalue weighted by Crippen LogP contribution is 2.05. The number of rotatable bonds is 3. The summed E-state index contributed by atoms with van der Waals surface area (Å²) < 4.78 is 0. The first-order chi connectivity index (χ1) is 7.00. The molecule has 1 amide bonds. The van der Waals surface area contributed by atoms with Gasteiger partial charge in [0.2, 0.25) is 0 Å². The van der Waals surface area contributed by atoms with E-state index in [4.69, 9.17) is 11.6 Å². The monoisotopic (exact) mass is 226 g/mol. The summed E-state index contributed by atoms with van der Waals surface area (Å²) in [5, 5.41) is -0.0441. The fourth-order valence-corrected chi connectivity index (χ4v) is 1.48. The smallest absolute Gasteiger partial charge is 0.255 e. The lowest BCUT2D eigenvalue weighted by atomic mass is 10.2. The van der Waals surface area contributed by atoms with E-state index in [2.05, 4.69) is 4.98 Å². The molecule has 0 fully saturated rings. The Balaban J connectivity index is 2.72. The largest absolute Gasteiger partial charge is 0.340 e. The van der Waals surface area contributed by atoms with Gasteiger partial charge in [0.25, 0.3) is 5.91 Å². The topological polar surface area (TPSA) is 33.2 Å². The van der Waals surface area contributed by atoms with E-state index in [1.807, 2.05) is 19.9 Å². The Kier molecular flexibility index (Phi) is 4.09. The van der Waals surface area contributed by atoms with E-state index < -0.39 is 0 Å². The molecule has 0 N–H and O–H groups in total. The number of alkyl halides is 1. The Morgan fingerprint density at radius 1 is 1.60 bits per heavy atom. The summed E-state index contributed by atoms with van der Waals surface area (Å²) >= 11 is 5.82. The van der Waals surface area contributed by atoms with Crippen molar-refractivity contribution in [2.75, 3.05) is 13.6 Å². The van der Waals surface area contributed by atoms with E-state index in [0.29, 0.717) is 12.1 Å². The average molecular weight is 227 g/mol. The van der Waals surface area contributed by atoms with Crippen LogP contribution in [0.1, 0.15) is 23.0 Å². The molecular formula is C11H15ClN2O. The second-order valence-electron chi connectivity index (χ2n) is 3.65. The number of aryl methyl sites for hydroxylation is 1. The number of aromatic nitrogens is 1. The van der Waals surface area contributed by atoms with Gasteiger partial charge in [-0.25, -0.2) is 0 Å². The minimum absolute atomic E-state index is 0.0441. The van der Waals surface area contributed by atoms with Gasteiger partial charge in [-0.3, -0.25) is 9.78 Å². The molecule has 4 heteroatoms. The summed E-state index contributed by atoms with van der Waals surface area (Å²) in [6.07, 6.45) is 1.59. The molecule has 1 aromatic rings. The predicted molar refractivity (Wildman–Crippen MR) is 61.2 cm³/mol. The number of carbonyl (C=O) groups is 1. The second kappa shape index (κ2) is 5.12. The van der Waals surface area contributed by atoms with Crippen LogP contribution in [0.2, 0.25) is 0 Å². The van der Waals surface area contributed by atoms with Gasteiger partial charge in [0.05, 0.1) is 5.56 Å². The molecule has 3 nitrogen and oxygen atoms in total. The third-order valence-corrected chi connectivity index (χ3v) is 2.17. The second-order valence-corrected chi connectivity index (χ2v) is 4.40. The number of nitrogens with zero attached hydrogens (tertiary/aromatic N) is 2. The summed E-state index contributed by atoms with van der Waals surface area (Å²) in [7, 11) is 1.74. The van der Waals surface area contributed by atoms with Crippen molar-refractivity contribution in [3.05, 3.63) is 29.6 Å². The van der Waals surface area contributed by atoms with Crippen LogP contribution in [0.25, 0.3) is 0 Å². The molecule has 1 heterocycles. The summed E-state index contributed by atoms with van der Waals surface area (Å²) in [5.41, 5.74) is 1.50. The molecule has 0 aromatic carbocycles. The molecule has 0 bridgehead atoms. The SMILES string of the molecule is Cc1ccc(C(=O)N(C)CC(C)Cl)cn1. The number of hydrogen-bond acceptors (Lipinski definition) is 2. The van der Waals surface area contributed by atoms with Crippen molar-refractivity contribution in [2.45, 2.75) is 19.2 Å². The van der Waals surface area contributed by atoms with Gasteiger partial charge in [-0.15, -0.1) is 11.6 Å². The van der Waals surface area contributed by atoms with Crippen molar-refractivity contribution in [1.29, 1.82) is 0 Å². The van der Waals surface area contributed by atoms with Crippen molar-refractivity contribution in [2.24, 2.45) is 0 Å². The van der Waals surface area contributed by atoms with Gasteiger partial charge >= 0.3 is 0 Å².